The Morgan fingerprint density at radius 2 is 0.585 bits per heavy atom. The van der Waals surface area contributed by atoms with Crippen molar-refractivity contribution in [1.29, 1.82) is 0 Å². The van der Waals surface area contributed by atoms with Crippen molar-refractivity contribution in [1.82, 2.24) is 0 Å². The van der Waals surface area contributed by atoms with Crippen LogP contribution in [0.5, 0.6) is 11.5 Å². The molecule has 4 aliphatic rings. The third-order valence-electron chi connectivity index (χ3n) is 15.4. The lowest BCUT2D eigenvalue weighted by molar-refractivity contribution is 0.437. The second kappa shape index (κ2) is 12.7. The van der Waals surface area contributed by atoms with Crippen molar-refractivity contribution in [2.45, 2.75) is 10.8 Å². The molecule has 1 heterocycles. The molecule has 15 rings (SSSR count). The molecule has 0 radical (unpaired) electrons. The molecule has 0 aromatic heterocycles. The largest absolute Gasteiger partial charge is 0.457 e. The molecule has 3 aliphatic carbocycles. The molecular formula is C64H38O. The van der Waals surface area contributed by atoms with E-state index in [0.29, 0.717) is 0 Å². The lowest BCUT2D eigenvalue weighted by Gasteiger charge is -2.40. The summed E-state index contributed by atoms with van der Waals surface area (Å²) in [7, 11) is 0. The Morgan fingerprint density at radius 1 is 0.231 bits per heavy atom. The summed E-state index contributed by atoms with van der Waals surface area (Å²) < 4.78 is 7.00. The van der Waals surface area contributed by atoms with E-state index in [1.807, 2.05) is 0 Å². The molecule has 0 N–H and O–H groups in total. The molecule has 1 aliphatic heterocycles. The third-order valence-corrected chi connectivity index (χ3v) is 15.4. The van der Waals surface area contributed by atoms with Crippen LogP contribution in [-0.2, 0) is 10.8 Å². The number of hydrogen-bond donors (Lipinski definition) is 0. The normalized spacial score (nSPS) is 14.5. The molecule has 0 saturated carbocycles. The lowest BCUT2D eigenvalue weighted by atomic mass is 9.65. The van der Waals surface area contributed by atoms with Crippen LogP contribution in [0.1, 0.15) is 44.5 Å². The van der Waals surface area contributed by atoms with Crippen LogP contribution in [0.15, 0.2) is 231 Å². The minimum atomic E-state index is -0.568. The highest BCUT2D eigenvalue weighted by Crippen LogP contribution is 2.65. The Hall–Kier alpha value is -8.26. The molecule has 0 unspecified atom stereocenters. The van der Waals surface area contributed by atoms with Crippen LogP contribution in [-0.4, -0.2) is 0 Å². The Kier molecular flexibility index (Phi) is 6.88. The van der Waals surface area contributed by atoms with Gasteiger partial charge >= 0.3 is 0 Å². The Bertz CT molecular complexity index is 3780. The maximum Gasteiger partial charge on any atom is 0.132 e. The van der Waals surface area contributed by atoms with Gasteiger partial charge in [-0.15, -0.1) is 0 Å². The fraction of sp³-hybridized carbons (Fsp3) is 0.0312. The van der Waals surface area contributed by atoms with E-state index in [2.05, 4.69) is 231 Å². The van der Waals surface area contributed by atoms with Crippen LogP contribution in [0.25, 0.3) is 77.2 Å². The molecule has 1 heteroatoms. The van der Waals surface area contributed by atoms with Crippen molar-refractivity contribution in [2.75, 3.05) is 0 Å². The van der Waals surface area contributed by atoms with Crippen molar-refractivity contribution in [3.63, 3.8) is 0 Å². The maximum absolute atomic E-state index is 7.00. The van der Waals surface area contributed by atoms with Gasteiger partial charge in [-0.3, -0.25) is 0 Å². The molecule has 1 nitrogen and oxygen atoms in total. The molecule has 0 saturated heterocycles. The number of rotatable bonds is 2. The van der Waals surface area contributed by atoms with Crippen molar-refractivity contribution in [2.24, 2.45) is 0 Å². The number of ether oxygens (including phenoxy) is 1. The number of fused-ring (bicyclic) bond motifs is 21. The zero-order valence-electron chi connectivity index (χ0n) is 35.3. The molecule has 300 valence electrons. The van der Waals surface area contributed by atoms with E-state index in [4.69, 9.17) is 4.74 Å². The summed E-state index contributed by atoms with van der Waals surface area (Å²) in [6, 6.07) is 86.3. The van der Waals surface area contributed by atoms with Gasteiger partial charge in [0.15, 0.2) is 0 Å². The number of hydrogen-bond acceptors (Lipinski definition) is 1. The minimum absolute atomic E-state index is 0.394. The Labute approximate surface area is 377 Å². The second-order valence-electron chi connectivity index (χ2n) is 18.2. The van der Waals surface area contributed by atoms with Gasteiger partial charge in [-0.1, -0.05) is 200 Å². The van der Waals surface area contributed by atoms with Crippen molar-refractivity contribution >= 4 is 21.5 Å². The molecule has 0 bridgehead atoms. The molecule has 11 aromatic carbocycles. The summed E-state index contributed by atoms with van der Waals surface area (Å²) in [6.07, 6.45) is 0. The Balaban J connectivity index is 0.939. The molecule has 2 spiro atoms. The fourth-order valence-corrected chi connectivity index (χ4v) is 12.8. The van der Waals surface area contributed by atoms with E-state index in [1.54, 1.807) is 0 Å². The van der Waals surface area contributed by atoms with Gasteiger partial charge in [0.05, 0.1) is 10.8 Å². The van der Waals surface area contributed by atoms with Gasteiger partial charge < -0.3 is 4.74 Å². The molecule has 11 aromatic rings. The summed E-state index contributed by atoms with van der Waals surface area (Å²) >= 11 is 0. The summed E-state index contributed by atoms with van der Waals surface area (Å²) in [4.78, 5) is 0. The first-order valence-corrected chi connectivity index (χ1v) is 22.7. The van der Waals surface area contributed by atoms with Crippen molar-refractivity contribution < 1.29 is 4.74 Å². The van der Waals surface area contributed by atoms with Gasteiger partial charge in [-0.25, -0.2) is 0 Å². The van der Waals surface area contributed by atoms with Gasteiger partial charge in [0.2, 0.25) is 0 Å². The smallest absolute Gasteiger partial charge is 0.132 e. The highest BCUT2D eigenvalue weighted by Gasteiger charge is 2.53. The monoisotopic (exact) mass is 822 g/mol. The highest BCUT2D eigenvalue weighted by molar-refractivity contribution is 6.06. The van der Waals surface area contributed by atoms with Crippen LogP contribution in [0, 0.1) is 0 Å². The highest BCUT2D eigenvalue weighted by atomic mass is 16.5. The number of benzene rings is 11. The van der Waals surface area contributed by atoms with Gasteiger partial charge in [-0.2, -0.15) is 0 Å². The molecule has 0 fully saturated rings. The van der Waals surface area contributed by atoms with Crippen LogP contribution in [0.4, 0.5) is 0 Å². The first-order valence-electron chi connectivity index (χ1n) is 22.7. The van der Waals surface area contributed by atoms with E-state index in [1.165, 1.54) is 122 Å². The predicted molar refractivity (Wildman–Crippen MR) is 266 cm³/mol. The van der Waals surface area contributed by atoms with Crippen LogP contribution >= 0.6 is 0 Å². The molecule has 0 atom stereocenters. The van der Waals surface area contributed by atoms with Crippen LogP contribution in [0.2, 0.25) is 0 Å². The average molecular weight is 823 g/mol. The summed E-state index contributed by atoms with van der Waals surface area (Å²) in [5.41, 5.74) is 22.1. The standard InChI is InChI=1S/C64H38O/c1-2-16-40-38-62-60(35-39(40)15-1)64(56-27-13-7-21-49(56)50-22-8-14-28-57(50)64)59-37-42(30-34-61(59)65-62)44-33-32-43(45-17-3-4-18-46(44)45)41-29-31-52-51-23-9-12-26-55(51)63(58(52)36-41)53-24-10-5-19-47(53)48-20-6-11-25-54(48)63/h1-38H. The van der Waals surface area contributed by atoms with Gasteiger partial charge in [0.25, 0.3) is 0 Å². The first-order chi connectivity index (χ1) is 32.2. The first kappa shape index (κ1) is 35.2. The lowest BCUT2D eigenvalue weighted by Crippen LogP contribution is -2.32. The zero-order valence-corrected chi connectivity index (χ0v) is 35.3. The van der Waals surface area contributed by atoms with E-state index in [9.17, 15) is 0 Å². The molecule has 65 heavy (non-hydrogen) atoms. The average Bonchev–Trinajstić information content (AvgIpc) is 3.96. The van der Waals surface area contributed by atoms with Crippen molar-refractivity contribution in [3.05, 3.63) is 275 Å². The molecular weight excluding hydrogens is 785 g/mol. The summed E-state index contributed by atoms with van der Waals surface area (Å²) in [6.45, 7) is 0. The van der Waals surface area contributed by atoms with Crippen molar-refractivity contribution in [3.8, 4) is 67.1 Å². The summed E-state index contributed by atoms with van der Waals surface area (Å²) in [5.74, 6) is 1.81. The predicted octanol–water partition coefficient (Wildman–Crippen LogP) is 16.1. The van der Waals surface area contributed by atoms with Gasteiger partial charge in [0.1, 0.15) is 11.5 Å². The third kappa shape index (κ3) is 4.38. The summed E-state index contributed by atoms with van der Waals surface area (Å²) in [5, 5.41) is 4.84. The van der Waals surface area contributed by atoms with Crippen LogP contribution in [0.3, 0.4) is 0 Å². The maximum atomic E-state index is 7.00. The van der Waals surface area contributed by atoms with E-state index in [0.717, 1.165) is 11.5 Å². The zero-order chi connectivity index (χ0) is 42.4. The fourth-order valence-electron chi connectivity index (χ4n) is 12.8. The van der Waals surface area contributed by atoms with E-state index < -0.39 is 10.8 Å². The van der Waals surface area contributed by atoms with E-state index in [-0.39, 0.29) is 0 Å². The minimum Gasteiger partial charge on any atom is -0.457 e. The second-order valence-corrected chi connectivity index (χ2v) is 18.2. The SMILES string of the molecule is c1ccc2c(c1)-c1ccccc1C21c2cc(-c3ccc(-c4ccc5c(c4)C4(c6ccccc6-c6ccccc64)c4ccccc4-5)c4ccccc34)ccc2Oc2cc3ccccc3cc21. The van der Waals surface area contributed by atoms with Gasteiger partial charge in [-0.05, 0) is 141 Å². The quantitative estimate of drug-likeness (QED) is 0.169. The van der Waals surface area contributed by atoms with Gasteiger partial charge in [0, 0.05) is 11.1 Å². The topological polar surface area (TPSA) is 9.23 Å². The molecule has 0 amide bonds. The Morgan fingerprint density at radius 3 is 1.09 bits per heavy atom. The van der Waals surface area contributed by atoms with Crippen LogP contribution < -0.4 is 4.74 Å². The van der Waals surface area contributed by atoms with E-state index >= 15 is 0 Å².